The Balaban J connectivity index is 2.14. The van der Waals surface area contributed by atoms with E-state index in [2.05, 4.69) is 23.8 Å². The van der Waals surface area contributed by atoms with Crippen molar-refractivity contribution >= 4 is 5.78 Å². The van der Waals surface area contributed by atoms with Gasteiger partial charge in [-0.3, -0.25) is 9.69 Å². The van der Waals surface area contributed by atoms with Crippen molar-refractivity contribution in [2.45, 2.75) is 26.4 Å². The summed E-state index contributed by atoms with van der Waals surface area (Å²) in [6, 6.07) is 5.56. The zero-order valence-corrected chi connectivity index (χ0v) is 11.9. The highest BCUT2D eigenvalue weighted by molar-refractivity contribution is 5.94. The molecule has 0 amide bonds. The molecule has 2 rings (SSSR count). The number of hydrogen-bond donors (Lipinski definition) is 1. The maximum atomic E-state index is 11.4. The van der Waals surface area contributed by atoms with Gasteiger partial charge < -0.3 is 10.0 Å². The molecular weight excluding hydrogens is 240 g/mol. The standard InChI is InChI=1S/C15H22N2O2/c1-11-9-16(3)6-7-17(11)10-14-8-13(12(2)18)4-5-15(14)19/h4-5,8,11,19H,6-7,9-10H2,1-3H3. The topological polar surface area (TPSA) is 43.8 Å². The number of rotatable bonds is 3. The number of ketones is 1. The molecule has 19 heavy (non-hydrogen) atoms. The van der Waals surface area contributed by atoms with Gasteiger partial charge >= 0.3 is 0 Å². The Hall–Kier alpha value is -1.39. The van der Waals surface area contributed by atoms with E-state index in [1.807, 2.05) is 6.07 Å². The predicted molar refractivity (Wildman–Crippen MR) is 75.5 cm³/mol. The number of likely N-dealkylation sites (N-methyl/N-ethyl adjacent to an activating group) is 1. The molecule has 1 atom stereocenters. The average molecular weight is 262 g/mol. The van der Waals surface area contributed by atoms with Gasteiger partial charge in [0.25, 0.3) is 0 Å². The maximum Gasteiger partial charge on any atom is 0.159 e. The first-order valence-corrected chi connectivity index (χ1v) is 6.73. The lowest BCUT2D eigenvalue weighted by Crippen LogP contribution is -2.49. The smallest absolute Gasteiger partial charge is 0.159 e. The Kier molecular flexibility index (Phi) is 4.22. The van der Waals surface area contributed by atoms with E-state index in [1.165, 1.54) is 0 Å². The van der Waals surface area contributed by atoms with Gasteiger partial charge in [0.05, 0.1) is 0 Å². The van der Waals surface area contributed by atoms with Crippen LogP contribution in [-0.4, -0.2) is 53.4 Å². The molecule has 1 aromatic rings. The third-order valence-corrected chi connectivity index (χ3v) is 3.83. The number of aromatic hydroxyl groups is 1. The summed E-state index contributed by atoms with van der Waals surface area (Å²) in [4.78, 5) is 16.1. The fourth-order valence-corrected chi connectivity index (χ4v) is 2.56. The molecule has 0 spiro atoms. The minimum absolute atomic E-state index is 0.0349. The van der Waals surface area contributed by atoms with Crippen molar-refractivity contribution in [1.29, 1.82) is 0 Å². The van der Waals surface area contributed by atoms with Crippen LogP contribution < -0.4 is 0 Å². The second-order valence-corrected chi connectivity index (χ2v) is 5.48. The number of carbonyl (C=O) groups is 1. The molecule has 1 N–H and O–H groups in total. The lowest BCUT2D eigenvalue weighted by atomic mass is 10.1. The molecule has 1 aliphatic rings. The van der Waals surface area contributed by atoms with Crippen molar-refractivity contribution in [2.75, 3.05) is 26.7 Å². The van der Waals surface area contributed by atoms with Crippen LogP contribution in [0.15, 0.2) is 18.2 Å². The van der Waals surface area contributed by atoms with Gasteiger partial charge in [-0.2, -0.15) is 0 Å². The normalized spacial score (nSPS) is 21.5. The van der Waals surface area contributed by atoms with Crippen LogP contribution in [-0.2, 0) is 6.54 Å². The third-order valence-electron chi connectivity index (χ3n) is 3.83. The monoisotopic (exact) mass is 262 g/mol. The van der Waals surface area contributed by atoms with E-state index >= 15 is 0 Å². The molecule has 0 saturated carbocycles. The lowest BCUT2D eigenvalue weighted by Gasteiger charge is -2.38. The van der Waals surface area contributed by atoms with E-state index in [4.69, 9.17) is 0 Å². The minimum atomic E-state index is 0.0349. The first-order chi connectivity index (χ1) is 8.97. The van der Waals surface area contributed by atoms with Crippen LogP contribution in [0.25, 0.3) is 0 Å². The van der Waals surface area contributed by atoms with E-state index in [0.717, 1.165) is 25.2 Å². The molecule has 0 aromatic heterocycles. The summed E-state index contributed by atoms with van der Waals surface area (Å²) in [7, 11) is 2.13. The summed E-state index contributed by atoms with van der Waals surface area (Å²) < 4.78 is 0. The number of phenolic OH excluding ortho intramolecular Hbond substituents is 1. The van der Waals surface area contributed by atoms with Gasteiger partial charge in [-0.25, -0.2) is 0 Å². The van der Waals surface area contributed by atoms with Crippen LogP contribution in [0.3, 0.4) is 0 Å². The molecule has 0 aliphatic carbocycles. The summed E-state index contributed by atoms with van der Waals surface area (Å²) in [6.07, 6.45) is 0. The third kappa shape index (κ3) is 3.33. The molecule has 0 radical (unpaired) electrons. The van der Waals surface area contributed by atoms with Crippen molar-refractivity contribution in [3.05, 3.63) is 29.3 Å². The van der Waals surface area contributed by atoms with E-state index < -0.39 is 0 Å². The molecule has 1 aliphatic heterocycles. The van der Waals surface area contributed by atoms with Gasteiger partial charge in [-0.05, 0) is 39.1 Å². The van der Waals surface area contributed by atoms with E-state index in [0.29, 0.717) is 18.2 Å². The Morgan fingerprint density at radius 3 is 2.79 bits per heavy atom. The maximum absolute atomic E-state index is 11.4. The molecule has 1 unspecified atom stereocenters. The highest BCUT2D eigenvalue weighted by atomic mass is 16.3. The minimum Gasteiger partial charge on any atom is -0.508 e. The SMILES string of the molecule is CC(=O)c1ccc(O)c(CN2CCN(C)CC2C)c1. The quantitative estimate of drug-likeness (QED) is 0.843. The lowest BCUT2D eigenvalue weighted by molar-refractivity contribution is 0.0930. The van der Waals surface area contributed by atoms with Crippen molar-refractivity contribution in [1.82, 2.24) is 9.80 Å². The van der Waals surface area contributed by atoms with Crippen LogP contribution >= 0.6 is 0 Å². The van der Waals surface area contributed by atoms with Crippen LogP contribution in [0.2, 0.25) is 0 Å². The highest BCUT2D eigenvalue weighted by Crippen LogP contribution is 2.22. The number of Topliss-reactive ketones (excluding diaryl/α,β-unsaturated/α-hetero) is 1. The molecule has 1 fully saturated rings. The van der Waals surface area contributed by atoms with Crippen LogP contribution in [0, 0.1) is 0 Å². The summed E-state index contributed by atoms with van der Waals surface area (Å²) in [5.74, 6) is 0.309. The van der Waals surface area contributed by atoms with Gasteiger partial charge in [0, 0.05) is 43.3 Å². The van der Waals surface area contributed by atoms with Crippen LogP contribution in [0.5, 0.6) is 5.75 Å². The molecule has 104 valence electrons. The van der Waals surface area contributed by atoms with E-state index in [-0.39, 0.29) is 11.5 Å². The zero-order valence-electron chi connectivity index (χ0n) is 11.9. The fraction of sp³-hybridized carbons (Fsp3) is 0.533. The number of hydrogen-bond acceptors (Lipinski definition) is 4. The van der Waals surface area contributed by atoms with E-state index in [1.54, 1.807) is 19.1 Å². The van der Waals surface area contributed by atoms with E-state index in [9.17, 15) is 9.90 Å². The average Bonchev–Trinajstić information content (AvgIpc) is 2.34. The molecular formula is C15H22N2O2. The molecule has 1 saturated heterocycles. The van der Waals surface area contributed by atoms with Gasteiger partial charge in [0.15, 0.2) is 5.78 Å². The zero-order chi connectivity index (χ0) is 14.0. The Morgan fingerprint density at radius 1 is 1.42 bits per heavy atom. The molecule has 1 heterocycles. The Morgan fingerprint density at radius 2 is 2.16 bits per heavy atom. The van der Waals surface area contributed by atoms with Gasteiger partial charge in [0.1, 0.15) is 5.75 Å². The molecule has 4 heteroatoms. The second kappa shape index (κ2) is 5.72. The van der Waals surface area contributed by atoms with Crippen LogP contribution in [0.1, 0.15) is 29.8 Å². The Bertz CT molecular complexity index is 473. The summed E-state index contributed by atoms with van der Waals surface area (Å²) in [5, 5.41) is 9.94. The summed E-state index contributed by atoms with van der Waals surface area (Å²) in [6.45, 7) is 7.50. The van der Waals surface area contributed by atoms with Gasteiger partial charge in [0.2, 0.25) is 0 Å². The Labute approximate surface area is 114 Å². The van der Waals surface area contributed by atoms with Crippen molar-refractivity contribution in [2.24, 2.45) is 0 Å². The van der Waals surface area contributed by atoms with Crippen LogP contribution in [0.4, 0.5) is 0 Å². The number of piperazine rings is 1. The largest absolute Gasteiger partial charge is 0.508 e. The molecule has 0 bridgehead atoms. The number of phenols is 1. The van der Waals surface area contributed by atoms with Crippen molar-refractivity contribution < 1.29 is 9.90 Å². The fourth-order valence-electron chi connectivity index (χ4n) is 2.56. The number of benzene rings is 1. The highest BCUT2D eigenvalue weighted by Gasteiger charge is 2.22. The first kappa shape index (κ1) is 14.0. The number of nitrogens with zero attached hydrogens (tertiary/aromatic N) is 2. The molecule has 1 aromatic carbocycles. The van der Waals surface area contributed by atoms with Crippen molar-refractivity contribution in [3.8, 4) is 5.75 Å². The predicted octanol–water partition coefficient (Wildman–Crippen LogP) is 1.73. The first-order valence-electron chi connectivity index (χ1n) is 6.73. The van der Waals surface area contributed by atoms with Crippen molar-refractivity contribution in [3.63, 3.8) is 0 Å². The number of carbonyl (C=O) groups excluding carboxylic acids is 1. The molecule has 4 nitrogen and oxygen atoms in total. The summed E-state index contributed by atoms with van der Waals surface area (Å²) >= 11 is 0. The summed E-state index contributed by atoms with van der Waals surface area (Å²) in [5.41, 5.74) is 1.50. The second-order valence-electron chi connectivity index (χ2n) is 5.48. The van der Waals surface area contributed by atoms with Gasteiger partial charge in [-0.15, -0.1) is 0 Å². The van der Waals surface area contributed by atoms with Gasteiger partial charge in [-0.1, -0.05) is 0 Å².